The molecular weight excluding hydrogens is 418 g/mol. The molecule has 8 heteroatoms. The van der Waals surface area contributed by atoms with Crippen LogP contribution in [0.5, 0.6) is 0 Å². The Bertz CT molecular complexity index is 1270. The Hall–Kier alpha value is -2.97. The first-order chi connectivity index (χ1) is 14.7. The summed E-state index contributed by atoms with van der Waals surface area (Å²) < 4.78 is 37.1. The highest BCUT2D eigenvalue weighted by Crippen LogP contribution is 2.23. The summed E-state index contributed by atoms with van der Waals surface area (Å²) >= 11 is 0. The van der Waals surface area contributed by atoms with Crippen LogP contribution in [0.2, 0.25) is 0 Å². The predicted octanol–water partition coefficient (Wildman–Crippen LogP) is 3.80. The fourth-order valence-electron chi connectivity index (χ4n) is 3.30. The number of benzene rings is 2. The number of hydrogen-bond acceptors (Lipinski definition) is 6. The maximum absolute atomic E-state index is 12.6. The minimum atomic E-state index is -3.60. The fourth-order valence-corrected chi connectivity index (χ4v) is 4.76. The van der Waals surface area contributed by atoms with E-state index in [4.69, 9.17) is 9.15 Å². The number of ether oxygens (including phenoxy) is 1. The summed E-state index contributed by atoms with van der Waals surface area (Å²) in [5, 5.41) is 0.705. The van der Waals surface area contributed by atoms with Crippen molar-refractivity contribution in [3.8, 4) is 0 Å². The molecule has 0 amide bonds. The van der Waals surface area contributed by atoms with E-state index in [0.717, 1.165) is 11.1 Å². The summed E-state index contributed by atoms with van der Waals surface area (Å²) in [4.78, 5) is 24.5. The molecule has 0 unspecified atom stereocenters. The normalized spacial score (nSPS) is 11.8. The van der Waals surface area contributed by atoms with Crippen molar-refractivity contribution in [2.45, 2.75) is 39.2 Å². The number of carbonyl (C=O) groups is 1. The van der Waals surface area contributed by atoms with E-state index in [1.54, 1.807) is 19.9 Å². The number of hydrogen-bond donors (Lipinski definition) is 0. The second-order valence-electron chi connectivity index (χ2n) is 7.21. The van der Waals surface area contributed by atoms with Crippen molar-refractivity contribution in [2.24, 2.45) is 0 Å². The average molecular weight is 444 g/mol. The highest BCUT2D eigenvalue weighted by molar-refractivity contribution is 7.89. The van der Waals surface area contributed by atoms with Crippen LogP contribution >= 0.6 is 0 Å². The van der Waals surface area contributed by atoms with Gasteiger partial charge in [0.25, 0.3) is 0 Å². The molecule has 164 valence electrons. The zero-order valence-electron chi connectivity index (χ0n) is 18.0. The number of nitrogens with zero attached hydrogens (tertiary/aromatic N) is 1. The van der Waals surface area contributed by atoms with Gasteiger partial charge < -0.3 is 9.15 Å². The Labute approximate surface area is 181 Å². The van der Waals surface area contributed by atoms with E-state index in [9.17, 15) is 18.0 Å². The SMILES string of the molecule is CCN(CC)S(=O)(=O)c1ccc(C(=O)OCc2cc(=O)oc3cc(C)c(C)cc23)cc1. The van der Waals surface area contributed by atoms with Gasteiger partial charge in [-0.15, -0.1) is 0 Å². The van der Waals surface area contributed by atoms with Crippen LogP contribution in [0.15, 0.2) is 56.6 Å². The molecule has 0 bridgehead atoms. The van der Waals surface area contributed by atoms with Gasteiger partial charge in [0, 0.05) is 30.1 Å². The third kappa shape index (κ3) is 4.70. The van der Waals surface area contributed by atoms with Crippen LogP contribution < -0.4 is 5.63 Å². The number of esters is 1. The van der Waals surface area contributed by atoms with E-state index in [1.165, 1.54) is 34.6 Å². The lowest BCUT2D eigenvalue weighted by atomic mass is 10.0. The third-order valence-electron chi connectivity index (χ3n) is 5.24. The predicted molar refractivity (Wildman–Crippen MR) is 118 cm³/mol. The van der Waals surface area contributed by atoms with Crippen molar-refractivity contribution in [1.29, 1.82) is 0 Å². The van der Waals surface area contributed by atoms with Gasteiger partial charge in [-0.05, 0) is 61.4 Å². The topological polar surface area (TPSA) is 93.9 Å². The smallest absolute Gasteiger partial charge is 0.338 e. The van der Waals surface area contributed by atoms with Crippen molar-refractivity contribution < 1.29 is 22.4 Å². The Morgan fingerprint density at radius 3 is 2.23 bits per heavy atom. The molecule has 0 spiro atoms. The maximum Gasteiger partial charge on any atom is 0.338 e. The van der Waals surface area contributed by atoms with Crippen LogP contribution in [0.3, 0.4) is 0 Å². The number of aryl methyl sites for hydroxylation is 2. The molecule has 0 saturated carbocycles. The molecule has 0 aliphatic carbocycles. The van der Waals surface area contributed by atoms with E-state index in [-0.39, 0.29) is 17.1 Å². The van der Waals surface area contributed by atoms with Crippen molar-refractivity contribution >= 4 is 27.0 Å². The van der Waals surface area contributed by atoms with Gasteiger partial charge in [-0.2, -0.15) is 4.31 Å². The Morgan fingerprint density at radius 2 is 1.61 bits per heavy atom. The van der Waals surface area contributed by atoms with Gasteiger partial charge in [-0.25, -0.2) is 18.0 Å². The average Bonchev–Trinajstić information content (AvgIpc) is 2.73. The van der Waals surface area contributed by atoms with Crippen molar-refractivity contribution in [3.05, 3.63) is 75.1 Å². The van der Waals surface area contributed by atoms with Crippen LogP contribution in [-0.2, 0) is 21.4 Å². The molecule has 0 aliphatic heterocycles. The quantitative estimate of drug-likeness (QED) is 0.407. The van der Waals surface area contributed by atoms with Crippen LogP contribution in [0, 0.1) is 13.8 Å². The highest BCUT2D eigenvalue weighted by Gasteiger charge is 2.22. The van der Waals surface area contributed by atoms with E-state index >= 15 is 0 Å². The van der Waals surface area contributed by atoms with E-state index in [2.05, 4.69) is 0 Å². The molecule has 0 radical (unpaired) electrons. The molecule has 0 saturated heterocycles. The lowest BCUT2D eigenvalue weighted by molar-refractivity contribution is 0.0473. The lowest BCUT2D eigenvalue weighted by Gasteiger charge is -2.18. The van der Waals surface area contributed by atoms with E-state index in [0.29, 0.717) is 29.6 Å². The molecule has 0 aliphatic rings. The first-order valence-corrected chi connectivity index (χ1v) is 11.4. The van der Waals surface area contributed by atoms with Crippen molar-refractivity contribution in [3.63, 3.8) is 0 Å². The fraction of sp³-hybridized carbons (Fsp3) is 0.304. The second-order valence-corrected chi connectivity index (χ2v) is 9.15. The van der Waals surface area contributed by atoms with Crippen LogP contribution in [0.4, 0.5) is 0 Å². The summed E-state index contributed by atoms with van der Waals surface area (Å²) in [7, 11) is -3.60. The molecule has 0 atom stereocenters. The van der Waals surface area contributed by atoms with Gasteiger partial charge in [-0.3, -0.25) is 0 Å². The maximum atomic E-state index is 12.6. The minimum absolute atomic E-state index is 0.108. The Morgan fingerprint density at radius 1 is 1.00 bits per heavy atom. The first kappa shape index (κ1) is 22.7. The molecule has 1 heterocycles. The molecule has 3 rings (SSSR count). The molecule has 0 N–H and O–H groups in total. The highest BCUT2D eigenvalue weighted by atomic mass is 32.2. The summed E-state index contributed by atoms with van der Waals surface area (Å²) in [5.41, 5.74) is 2.70. The second kappa shape index (κ2) is 9.03. The van der Waals surface area contributed by atoms with E-state index in [1.807, 2.05) is 19.9 Å². The largest absolute Gasteiger partial charge is 0.457 e. The molecule has 0 fully saturated rings. The minimum Gasteiger partial charge on any atom is -0.457 e. The van der Waals surface area contributed by atoms with Gasteiger partial charge >= 0.3 is 11.6 Å². The van der Waals surface area contributed by atoms with Gasteiger partial charge in [0.05, 0.1) is 10.5 Å². The molecule has 7 nitrogen and oxygen atoms in total. The Kier molecular flexibility index (Phi) is 6.62. The summed E-state index contributed by atoms with van der Waals surface area (Å²) in [5.74, 6) is -0.614. The van der Waals surface area contributed by atoms with Gasteiger partial charge in [0.2, 0.25) is 10.0 Å². The van der Waals surface area contributed by atoms with Crippen LogP contribution in [0.25, 0.3) is 11.0 Å². The monoisotopic (exact) mass is 443 g/mol. The van der Waals surface area contributed by atoms with Crippen LogP contribution in [0.1, 0.15) is 40.9 Å². The number of rotatable bonds is 7. The Balaban J connectivity index is 1.80. The van der Waals surface area contributed by atoms with Crippen LogP contribution in [-0.4, -0.2) is 31.8 Å². The van der Waals surface area contributed by atoms with Crippen molar-refractivity contribution in [1.82, 2.24) is 4.31 Å². The number of sulfonamides is 1. The zero-order chi connectivity index (χ0) is 22.8. The first-order valence-electron chi connectivity index (χ1n) is 9.98. The van der Waals surface area contributed by atoms with E-state index < -0.39 is 21.6 Å². The summed E-state index contributed by atoms with van der Waals surface area (Å²) in [6.07, 6.45) is 0. The summed E-state index contributed by atoms with van der Waals surface area (Å²) in [6, 6.07) is 10.6. The molecule has 3 aromatic rings. The number of fused-ring (bicyclic) bond motifs is 1. The standard InChI is InChI=1S/C23H25NO6S/c1-5-24(6-2)31(27,28)19-9-7-17(8-10-19)23(26)29-14-18-13-22(25)30-21-12-16(4)15(3)11-20(18)21/h7-13H,5-6,14H2,1-4H3. The summed E-state index contributed by atoms with van der Waals surface area (Å²) in [6.45, 7) is 8.02. The molecular formula is C23H25NO6S. The van der Waals surface area contributed by atoms with Gasteiger partial charge in [-0.1, -0.05) is 13.8 Å². The third-order valence-corrected chi connectivity index (χ3v) is 7.30. The van der Waals surface area contributed by atoms with Crippen molar-refractivity contribution in [2.75, 3.05) is 13.1 Å². The molecule has 31 heavy (non-hydrogen) atoms. The van der Waals surface area contributed by atoms with Gasteiger partial charge in [0.15, 0.2) is 0 Å². The lowest BCUT2D eigenvalue weighted by Crippen LogP contribution is -2.30. The number of carbonyl (C=O) groups excluding carboxylic acids is 1. The molecule has 1 aromatic heterocycles. The van der Waals surface area contributed by atoms with Gasteiger partial charge in [0.1, 0.15) is 12.2 Å². The molecule has 2 aromatic carbocycles. The zero-order valence-corrected chi connectivity index (χ0v) is 18.8.